The van der Waals surface area contributed by atoms with Gasteiger partial charge < -0.3 is 4.74 Å². The molecule has 0 aliphatic heterocycles. The second kappa shape index (κ2) is 13.0. The Morgan fingerprint density at radius 3 is 1.58 bits per heavy atom. The van der Waals surface area contributed by atoms with Gasteiger partial charge in [-0.2, -0.15) is 0 Å². The van der Waals surface area contributed by atoms with Crippen LogP contribution in [0.4, 0.5) is 0 Å². The summed E-state index contributed by atoms with van der Waals surface area (Å²) in [4.78, 5) is 11.0. The summed E-state index contributed by atoms with van der Waals surface area (Å²) in [6.07, 6.45) is 6.76. The summed E-state index contributed by atoms with van der Waals surface area (Å²) >= 11 is 16.0. The molecule has 6 heteroatoms. The molecule has 0 spiro atoms. The second-order valence-corrected chi connectivity index (χ2v) is 13.6. The molecule has 0 saturated carbocycles. The Morgan fingerprint density at radius 2 is 1.25 bits per heavy atom. The molecule has 0 saturated heterocycles. The highest BCUT2D eigenvalue weighted by atomic mass is 35.6. The van der Waals surface area contributed by atoms with Crippen molar-refractivity contribution < 1.29 is 9.53 Å². The zero-order valence-corrected chi connectivity index (χ0v) is 19.7. The number of unbranched alkanes of at least 4 members (excludes halogenated alkanes) is 5. The molecule has 0 aliphatic rings. The molecule has 0 atom stereocenters. The van der Waals surface area contributed by atoms with Gasteiger partial charge in [0.25, 0.3) is 3.79 Å². The quantitative estimate of drug-likeness (QED) is 0.184. The summed E-state index contributed by atoms with van der Waals surface area (Å²) in [5.41, 5.74) is 0. The lowest BCUT2D eigenvalue weighted by atomic mass is 10.1. The van der Waals surface area contributed by atoms with Gasteiger partial charge in [-0.05, 0) is 16.7 Å². The number of halogens is 3. The maximum absolute atomic E-state index is 11.0. The van der Waals surface area contributed by atoms with Crippen LogP contribution in [0.2, 0.25) is 0 Å². The molecule has 0 rings (SSSR count). The van der Waals surface area contributed by atoms with Gasteiger partial charge in [-0.1, -0.05) is 115 Å². The van der Waals surface area contributed by atoms with Crippen LogP contribution in [0, 0.1) is 0 Å². The molecule has 0 aromatic rings. The van der Waals surface area contributed by atoms with Crippen molar-refractivity contribution in [3.05, 3.63) is 0 Å². The molecule has 24 heavy (non-hydrogen) atoms. The maximum atomic E-state index is 11.0. The molecule has 0 fully saturated rings. The molecule has 0 aliphatic carbocycles. The van der Waals surface area contributed by atoms with E-state index >= 15 is 0 Å². The number of esters is 1. The molecule has 0 aromatic heterocycles. The second-order valence-electron chi connectivity index (χ2n) is 8.03. The van der Waals surface area contributed by atoms with Crippen LogP contribution >= 0.6 is 43.4 Å². The van der Waals surface area contributed by atoms with Crippen LogP contribution in [0.15, 0.2) is 0 Å². The van der Waals surface area contributed by atoms with Crippen LogP contribution < -0.4 is 0 Å². The third-order valence-electron chi connectivity index (χ3n) is 2.71. The molecule has 0 bridgehead atoms. The summed E-state index contributed by atoms with van der Waals surface area (Å²) in [6, 6.07) is 0. The first-order chi connectivity index (χ1) is 10.7. The van der Waals surface area contributed by atoms with Crippen molar-refractivity contribution in [2.75, 3.05) is 6.61 Å². The van der Waals surface area contributed by atoms with E-state index in [9.17, 15) is 4.79 Å². The molecular formula is C18H36Cl3O2P. The van der Waals surface area contributed by atoms with Gasteiger partial charge in [0, 0.05) is 0 Å². The lowest BCUT2D eigenvalue weighted by molar-refractivity contribution is -0.142. The van der Waals surface area contributed by atoms with E-state index in [1.807, 2.05) is 0 Å². The van der Waals surface area contributed by atoms with Crippen molar-refractivity contribution in [1.29, 1.82) is 0 Å². The van der Waals surface area contributed by atoms with Crippen molar-refractivity contribution in [3.63, 3.8) is 0 Å². The van der Waals surface area contributed by atoms with E-state index in [4.69, 9.17) is 39.5 Å². The van der Waals surface area contributed by atoms with Crippen LogP contribution in [-0.4, -0.2) is 26.7 Å². The van der Waals surface area contributed by atoms with Gasteiger partial charge in [0.1, 0.15) is 0 Å². The average molecular weight is 422 g/mol. The van der Waals surface area contributed by atoms with E-state index in [0.717, 1.165) is 21.4 Å². The first-order valence-electron chi connectivity index (χ1n) is 8.72. The van der Waals surface area contributed by atoms with Crippen LogP contribution in [0.3, 0.4) is 0 Å². The normalized spacial score (nSPS) is 12.4. The third-order valence-corrected chi connectivity index (χ3v) is 4.68. The van der Waals surface area contributed by atoms with E-state index in [1.165, 1.54) is 25.7 Å². The number of carbonyl (C=O) groups excluding carboxylic acids is 1. The topological polar surface area (TPSA) is 26.3 Å². The van der Waals surface area contributed by atoms with E-state index in [0.29, 0.717) is 16.9 Å². The number of ether oxygens (including phenoxy) is 1. The van der Waals surface area contributed by atoms with Crippen molar-refractivity contribution in [1.82, 2.24) is 0 Å². The highest BCUT2D eigenvalue weighted by Crippen LogP contribution is 2.41. The van der Waals surface area contributed by atoms with E-state index in [-0.39, 0.29) is 0 Å². The number of carbonyl (C=O) groups is 1. The van der Waals surface area contributed by atoms with Crippen LogP contribution in [0.25, 0.3) is 0 Å². The minimum atomic E-state index is -1.94. The summed E-state index contributed by atoms with van der Waals surface area (Å²) in [7, 11) is 1.05. The number of hydrogen-bond donors (Lipinski definition) is 0. The van der Waals surface area contributed by atoms with Gasteiger partial charge in [0.15, 0.2) is 0 Å². The predicted molar refractivity (Wildman–Crippen MR) is 112 cm³/mol. The Labute approximate surface area is 166 Å². The highest BCUT2D eigenvalue weighted by Gasteiger charge is 2.32. The van der Waals surface area contributed by atoms with Crippen molar-refractivity contribution in [3.8, 4) is 0 Å². The van der Waals surface area contributed by atoms with Crippen LogP contribution in [0.5, 0.6) is 0 Å². The fourth-order valence-corrected chi connectivity index (χ4v) is 4.67. The van der Waals surface area contributed by atoms with E-state index in [2.05, 4.69) is 48.5 Å². The molecule has 146 valence electrons. The molecule has 0 amide bonds. The lowest BCUT2D eigenvalue weighted by Gasteiger charge is -2.28. The monoisotopic (exact) mass is 420 g/mol. The van der Waals surface area contributed by atoms with E-state index < -0.39 is 9.76 Å². The Bertz CT molecular complexity index is 317. The predicted octanol–water partition coefficient (Wildman–Crippen LogP) is 7.52. The molecule has 0 heterocycles. The highest BCUT2D eigenvalue weighted by molar-refractivity contribution is 7.41. The third kappa shape index (κ3) is 22.8. The zero-order valence-electron chi connectivity index (χ0n) is 16.4. The first kappa shape index (κ1) is 27.0. The minimum absolute atomic E-state index is 0.332. The standard InChI is InChI=1S/C10H17Cl3O2.C8H19P/c1-2-3-4-5-6-7-8-15-9(14)10(11,12)13;1-7(2,3)9-8(4,5)6/h2-8H2,1H3;9H,1-6H3. The largest absolute Gasteiger partial charge is 0.463 e. The molecule has 0 aromatic carbocycles. The zero-order chi connectivity index (χ0) is 19.4. The van der Waals surface area contributed by atoms with Crippen LogP contribution in [-0.2, 0) is 9.53 Å². The summed E-state index contributed by atoms with van der Waals surface area (Å²) in [5, 5.41) is 1.02. The molecule has 0 unspecified atom stereocenters. The minimum Gasteiger partial charge on any atom is -0.463 e. The SMILES string of the molecule is CC(C)(C)PC(C)(C)C.CCCCCCCCOC(=O)C(Cl)(Cl)Cl. The number of alkyl halides is 3. The number of rotatable bonds is 7. The van der Waals surface area contributed by atoms with Gasteiger partial charge in [-0.15, -0.1) is 8.58 Å². The molecule has 0 radical (unpaired) electrons. The van der Waals surface area contributed by atoms with Crippen molar-refractivity contribution >= 4 is 49.4 Å². The lowest BCUT2D eigenvalue weighted by Crippen LogP contribution is -2.22. The van der Waals surface area contributed by atoms with E-state index in [1.54, 1.807) is 0 Å². The Hall–Kier alpha value is 0.770. The van der Waals surface area contributed by atoms with Gasteiger partial charge >= 0.3 is 5.97 Å². The summed E-state index contributed by atoms with van der Waals surface area (Å²) < 4.78 is 2.84. The number of hydrogen-bond acceptors (Lipinski definition) is 2. The maximum Gasteiger partial charge on any atom is 0.358 e. The van der Waals surface area contributed by atoms with Crippen molar-refractivity contribution in [2.24, 2.45) is 0 Å². The molecular weight excluding hydrogens is 386 g/mol. The smallest absolute Gasteiger partial charge is 0.358 e. The summed E-state index contributed by atoms with van der Waals surface area (Å²) in [6.45, 7) is 16.3. The summed E-state index contributed by atoms with van der Waals surface area (Å²) in [5.74, 6) is -0.791. The van der Waals surface area contributed by atoms with Gasteiger partial charge in [0.05, 0.1) is 6.61 Å². The first-order valence-corrected chi connectivity index (χ1v) is 10.9. The van der Waals surface area contributed by atoms with Gasteiger partial charge in [-0.25, -0.2) is 4.79 Å². The molecule has 2 nitrogen and oxygen atoms in total. The average Bonchev–Trinajstić information content (AvgIpc) is 2.32. The fraction of sp³-hybridized carbons (Fsp3) is 0.944. The Kier molecular flexibility index (Phi) is 14.6. The fourth-order valence-electron chi connectivity index (χ4n) is 2.25. The Balaban J connectivity index is 0. The molecule has 0 N–H and O–H groups in total. The van der Waals surface area contributed by atoms with Gasteiger partial charge in [-0.3, -0.25) is 0 Å². The van der Waals surface area contributed by atoms with Crippen molar-refractivity contribution in [2.45, 2.75) is 101 Å². The Morgan fingerprint density at radius 1 is 0.833 bits per heavy atom. The van der Waals surface area contributed by atoms with Gasteiger partial charge in [0.2, 0.25) is 0 Å². The van der Waals surface area contributed by atoms with Crippen LogP contribution in [0.1, 0.15) is 87.0 Å².